The summed E-state index contributed by atoms with van der Waals surface area (Å²) in [5.74, 6) is 0.496. The molecule has 1 aliphatic rings. The Labute approximate surface area is 153 Å². The van der Waals surface area contributed by atoms with E-state index in [1.54, 1.807) is 0 Å². The van der Waals surface area contributed by atoms with Crippen LogP contribution in [-0.4, -0.2) is 0 Å². The van der Waals surface area contributed by atoms with E-state index in [4.69, 9.17) is 0 Å². The number of hydrogen-bond acceptors (Lipinski definition) is 0. The van der Waals surface area contributed by atoms with Gasteiger partial charge >= 0.3 is 0 Å². The van der Waals surface area contributed by atoms with Gasteiger partial charge in [-0.3, -0.25) is 6.08 Å². The first kappa shape index (κ1) is 32.2. The van der Waals surface area contributed by atoms with Gasteiger partial charge in [-0.15, -0.1) is 11.6 Å². The fourth-order valence-corrected chi connectivity index (χ4v) is 1.66. The molecule has 0 saturated carbocycles. The van der Waals surface area contributed by atoms with Crippen LogP contribution in [0.5, 0.6) is 0 Å². The van der Waals surface area contributed by atoms with Crippen LogP contribution in [0.4, 0.5) is 0 Å². The summed E-state index contributed by atoms with van der Waals surface area (Å²) < 4.78 is 0. The van der Waals surface area contributed by atoms with E-state index in [9.17, 15) is 0 Å². The number of benzene rings is 1. The predicted octanol–water partition coefficient (Wildman–Crippen LogP) is 6.27. The van der Waals surface area contributed by atoms with E-state index in [1.165, 1.54) is 11.1 Å². The zero-order valence-electron chi connectivity index (χ0n) is 14.4. The molecular weight excluding hydrogens is 419 g/mol. The smallest absolute Gasteiger partial charge is 0 e. The zero-order chi connectivity index (χ0) is 10.5. The third kappa shape index (κ3) is 9.68. The third-order valence-corrected chi connectivity index (χ3v) is 2.51. The van der Waals surface area contributed by atoms with Crippen molar-refractivity contribution >= 4 is 6.08 Å². The van der Waals surface area contributed by atoms with Gasteiger partial charge in [0.25, 0.3) is 0 Å². The van der Waals surface area contributed by atoms with Crippen molar-refractivity contribution in [1.29, 1.82) is 0 Å². The Kier molecular flexibility index (Phi) is 26.4. The molecule has 0 fully saturated rings. The minimum Gasteiger partial charge on any atom is -0.358 e. The van der Waals surface area contributed by atoms with Gasteiger partial charge in [0, 0.05) is 25.8 Å². The molecule has 0 heterocycles. The van der Waals surface area contributed by atoms with Crippen molar-refractivity contribution < 1.29 is 25.8 Å². The van der Waals surface area contributed by atoms with E-state index in [-0.39, 0.29) is 63.0 Å². The molecule has 0 N–H and O–H groups in total. The minimum atomic E-state index is 0. The Bertz CT molecular complexity index is 410. The molecule has 3 rings (SSSR count). The Morgan fingerprint density at radius 2 is 1.38 bits per heavy atom. The Hall–Kier alpha value is -0.820. The number of fused-ring (bicyclic) bond motifs is 1. The average molecular weight is 448 g/mol. The zero-order valence-corrected chi connectivity index (χ0v) is 17.9. The van der Waals surface area contributed by atoms with E-state index in [1.807, 2.05) is 30.3 Å². The first-order valence-electron chi connectivity index (χ1n) is 5.23. The molecule has 0 bridgehead atoms. The fourth-order valence-electron chi connectivity index (χ4n) is 1.66. The normalized spacial score (nSPS) is 12.0. The Morgan fingerprint density at radius 3 is 1.81 bits per heavy atom. The van der Waals surface area contributed by atoms with Gasteiger partial charge in [0.15, 0.2) is 0 Å². The van der Waals surface area contributed by atoms with Gasteiger partial charge in [-0.05, 0) is 0 Å². The molecule has 0 aliphatic heterocycles. The van der Waals surface area contributed by atoms with Crippen molar-refractivity contribution in [3.8, 4) is 0 Å². The second-order valence-corrected chi connectivity index (χ2v) is 3.62. The van der Waals surface area contributed by atoms with E-state index in [0.717, 1.165) is 0 Å². The summed E-state index contributed by atoms with van der Waals surface area (Å²) in [6.45, 7) is 2.17. The topological polar surface area (TPSA) is 0 Å². The maximum atomic E-state index is 3.26. The van der Waals surface area contributed by atoms with Gasteiger partial charge in [-0.2, -0.15) is 23.8 Å². The van der Waals surface area contributed by atoms with Crippen LogP contribution in [0.25, 0.3) is 6.08 Å². The number of allylic oxidation sites excluding steroid dienone is 1. The molecule has 120 valence electrons. The van der Waals surface area contributed by atoms with Crippen LogP contribution in [0.2, 0.25) is 0 Å². The predicted molar refractivity (Wildman–Crippen MR) is 96.7 cm³/mol. The first-order valence-corrected chi connectivity index (χ1v) is 5.23. The fraction of sp³-hybridized carbons (Fsp3) is 0.100. The van der Waals surface area contributed by atoms with Crippen LogP contribution in [0.15, 0.2) is 54.6 Å². The van der Waals surface area contributed by atoms with Crippen LogP contribution >= 0.6 is 0 Å². The number of hydrogen-bond donors (Lipinski definition) is 0. The Morgan fingerprint density at radius 1 is 0.857 bits per heavy atom. The van der Waals surface area contributed by atoms with Gasteiger partial charge < -0.3 is 37.1 Å². The monoisotopic (exact) mass is 449 g/mol. The second kappa shape index (κ2) is 17.2. The largest absolute Gasteiger partial charge is 0.358 e. The van der Waals surface area contributed by atoms with Gasteiger partial charge in [0.1, 0.15) is 0 Å². The molecule has 0 spiro atoms. The van der Waals surface area contributed by atoms with Gasteiger partial charge in [-0.1, -0.05) is 31.0 Å². The Balaban J connectivity index is -0.0000000700. The molecule has 1 heteroatoms. The van der Waals surface area contributed by atoms with Crippen molar-refractivity contribution in [3.63, 3.8) is 0 Å². The van der Waals surface area contributed by atoms with Crippen LogP contribution < -0.4 is 0 Å². The summed E-state index contributed by atoms with van der Waals surface area (Å²) in [7, 11) is 0. The average Bonchev–Trinajstić information content (AvgIpc) is 2.92. The van der Waals surface area contributed by atoms with E-state index < -0.39 is 0 Å². The molecule has 1 aliphatic carbocycles. The van der Waals surface area contributed by atoms with Crippen molar-refractivity contribution in [3.05, 3.63) is 109 Å². The van der Waals surface area contributed by atoms with Crippen LogP contribution in [0.3, 0.4) is 0 Å². The summed E-state index contributed by atoms with van der Waals surface area (Å²) in [5.41, 5.74) is 2.73. The molecule has 0 nitrogen and oxygen atoms in total. The van der Waals surface area contributed by atoms with Crippen molar-refractivity contribution in [2.45, 2.75) is 12.8 Å². The van der Waals surface area contributed by atoms with E-state index >= 15 is 0 Å². The summed E-state index contributed by atoms with van der Waals surface area (Å²) in [4.78, 5) is 0. The van der Waals surface area contributed by atoms with Crippen molar-refractivity contribution in [1.82, 2.24) is 0 Å². The van der Waals surface area contributed by atoms with E-state index in [0.29, 0.717) is 5.92 Å². The summed E-state index contributed by atoms with van der Waals surface area (Å²) in [6.07, 6.45) is 5.33. The van der Waals surface area contributed by atoms with Crippen molar-refractivity contribution in [2.24, 2.45) is 0 Å². The molecule has 21 heavy (non-hydrogen) atoms. The van der Waals surface area contributed by atoms with Crippen LogP contribution in [0.1, 0.15) is 24.0 Å². The molecule has 0 amide bonds. The molecule has 0 aromatic heterocycles. The standard InChI is InChI=1S/C10H9.C5H5.5CH3.Hf/c1-8-6-7-9-4-2-3-5-10(8)9;1-2-4-5-3-1;;;;;;/h2-5,7-8H,1H3;1-5H;5*1H3;/q7*-1;. The summed E-state index contributed by atoms with van der Waals surface area (Å²) in [5, 5.41) is 0. The summed E-state index contributed by atoms with van der Waals surface area (Å²) in [6, 6.07) is 18.4. The molecule has 1 unspecified atom stereocenters. The van der Waals surface area contributed by atoms with E-state index in [2.05, 4.69) is 43.3 Å². The maximum Gasteiger partial charge on any atom is 0 e. The van der Waals surface area contributed by atoms with Gasteiger partial charge in [0.05, 0.1) is 0 Å². The number of rotatable bonds is 0. The molecular formula is C20H29Hf-7. The molecule has 0 saturated heterocycles. The second-order valence-electron chi connectivity index (χ2n) is 3.62. The quantitative estimate of drug-likeness (QED) is 0.329. The third-order valence-electron chi connectivity index (χ3n) is 2.51. The SMILES string of the molecule is CC1[C-]=Cc2ccccc21.[CH3-].[CH3-].[CH3-].[CH3-].[CH3-].[Hf].c1cc[cH-]c1. The van der Waals surface area contributed by atoms with Crippen molar-refractivity contribution in [2.75, 3.05) is 0 Å². The first-order chi connectivity index (χ1) is 7.38. The molecule has 2 aromatic carbocycles. The van der Waals surface area contributed by atoms with Gasteiger partial charge in [-0.25, -0.2) is 18.2 Å². The van der Waals surface area contributed by atoms with Crippen LogP contribution in [-0.2, 0) is 25.8 Å². The molecule has 1 atom stereocenters. The summed E-state index contributed by atoms with van der Waals surface area (Å²) >= 11 is 0. The molecule has 0 radical (unpaired) electrons. The minimum absolute atomic E-state index is 0. The molecule has 2 aromatic rings. The van der Waals surface area contributed by atoms with Gasteiger partial charge in [0.2, 0.25) is 0 Å². The maximum absolute atomic E-state index is 3.26. The van der Waals surface area contributed by atoms with Crippen LogP contribution in [0, 0.1) is 43.2 Å².